The van der Waals surface area contributed by atoms with Crippen molar-refractivity contribution in [3.05, 3.63) is 53.6 Å². The standard InChI is InChI=1S/C17H13ClN2O2/c18-13-4-1-11(2-5-13)14-10-15(20-19-14)12-3-6-16-17(9-12)22-8-7-21-16/h1-6,9-10H,7-8H2,(H,19,20). The van der Waals surface area contributed by atoms with E-state index < -0.39 is 0 Å². The van der Waals surface area contributed by atoms with Crippen molar-refractivity contribution in [1.29, 1.82) is 0 Å². The molecule has 3 aromatic rings. The second-order valence-corrected chi connectivity index (χ2v) is 5.47. The van der Waals surface area contributed by atoms with Crippen molar-refractivity contribution in [1.82, 2.24) is 10.2 Å². The Morgan fingerprint density at radius 3 is 2.41 bits per heavy atom. The van der Waals surface area contributed by atoms with Crippen LogP contribution in [0, 0.1) is 0 Å². The minimum atomic E-state index is 0.576. The second kappa shape index (κ2) is 5.39. The summed E-state index contributed by atoms with van der Waals surface area (Å²) in [5.41, 5.74) is 3.84. The number of hydrogen-bond acceptors (Lipinski definition) is 3. The van der Waals surface area contributed by atoms with Gasteiger partial charge in [0.2, 0.25) is 0 Å². The number of nitrogens with one attached hydrogen (secondary N) is 1. The number of halogens is 1. The molecule has 4 rings (SSSR count). The van der Waals surface area contributed by atoms with Crippen molar-refractivity contribution >= 4 is 11.6 Å². The van der Waals surface area contributed by atoms with Gasteiger partial charge in [0, 0.05) is 10.6 Å². The summed E-state index contributed by atoms with van der Waals surface area (Å²) in [6.45, 7) is 1.17. The fraction of sp³-hybridized carbons (Fsp3) is 0.118. The maximum absolute atomic E-state index is 5.92. The second-order valence-electron chi connectivity index (χ2n) is 5.03. The molecular weight excluding hydrogens is 300 g/mol. The molecule has 2 aromatic carbocycles. The highest BCUT2D eigenvalue weighted by atomic mass is 35.5. The van der Waals surface area contributed by atoms with Crippen molar-refractivity contribution in [2.24, 2.45) is 0 Å². The fourth-order valence-electron chi connectivity index (χ4n) is 2.45. The zero-order valence-corrected chi connectivity index (χ0v) is 12.4. The zero-order valence-electron chi connectivity index (χ0n) is 11.7. The van der Waals surface area contributed by atoms with E-state index in [0.29, 0.717) is 13.2 Å². The van der Waals surface area contributed by atoms with Gasteiger partial charge in [-0.25, -0.2) is 0 Å². The Balaban J connectivity index is 1.68. The van der Waals surface area contributed by atoms with Gasteiger partial charge in [0.15, 0.2) is 11.5 Å². The van der Waals surface area contributed by atoms with Gasteiger partial charge in [-0.05, 0) is 42.0 Å². The van der Waals surface area contributed by atoms with E-state index in [9.17, 15) is 0 Å². The van der Waals surface area contributed by atoms with E-state index in [0.717, 1.165) is 39.0 Å². The molecule has 5 heteroatoms. The van der Waals surface area contributed by atoms with Gasteiger partial charge in [0.1, 0.15) is 13.2 Å². The molecule has 1 aromatic heterocycles. The predicted molar refractivity (Wildman–Crippen MR) is 85.5 cm³/mol. The highest BCUT2D eigenvalue weighted by Crippen LogP contribution is 2.34. The normalized spacial score (nSPS) is 13.1. The lowest BCUT2D eigenvalue weighted by molar-refractivity contribution is 0.171. The molecule has 0 atom stereocenters. The third kappa shape index (κ3) is 2.42. The Morgan fingerprint density at radius 1 is 0.864 bits per heavy atom. The lowest BCUT2D eigenvalue weighted by Crippen LogP contribution is -2.15. The first kappa shape index (κ1) is 13.2. The third-order valence-electron chi connectivity index (χ3n) is 3.57. The molecule has 0 unspecified atom stereocenters. The quantitative estimate of drug-likeness (QED) is 0.772. The van der Waals surface area contributed by atoms with Gasteiger partial charge in [-0.1, -0.05) is 23.7 Å². The van der Waals surface area contributed by atoms with Crippen molar-refractivity contribution in [2.75, 3.05) is 13.2 Å². The van der Waals surface area contributed by atoms with Crippen molar-refractivity contribution in [2.45, 2.75) is 0 Å². The van der Waals surface area contributed by atoms with E-state index in [4.69, 9.17) is 21.1 Å². The highest BCUT2D eigenvalue weighted by Gasteiger charge is 2.14. The summed E-state index contributed by atoms with van der Waals surface area (Å²) in [7, 11) is 0. The van der Waals surface area contributed by atoms with Gasteiger partial charge < -0.3 is 9.47 Å². The molecule has 0 bridgehead atoms. The van der Waals surface area contributed by atoms with Crippen molar-refractivity contribution in [3.8, 4) is 34.0 Å². The Kier molecular flexibility index (Phi) is 3.24. The maximum atomic E-state index is 5.92. The van der Waals surface area contributed by atoms with E-state index in [1.807, 2.05) is 48.5 Å². The minimum absolute atomic E-state index is 0.576. The van der Waals surface area contributed by atoms with Crippen LogP contribution in [0.4, 0.5) is 0 Å². The smallest absolute Gasteiger partial charge is 0.162 e. The Bertz CT molecular complexity index is 812. The minimum Gasteiger partial charge on any atom is -0.486 e. The van der Waals surface area contributed by atoms with Crippen molar-refractivity contribution < 1.29 is 9.47 Å². The van der Waals surface area contributed by atoms with Crippen LogP contribution in [-0.4, -0.2) is 23.4 Å². The number of fused-ring (bicyclic) bond motifs is 1. The number of aromatic nitrogens is 2. The van der Waals surface area contributed by atoms with Gasteiger partial charge in [-0.3, -0.25) is 5.10 Å². The summed E-state index contributed by atoms with van der Waals surface area (Å²) in [6.07, 6.45) is 0. The molecular formula is C17H13ClN2O2. The molecule has 0 radical (unpaired) electrons. The Morgan fingerprint density at radius 2 is 1.59 bits per heavy atom. The van der Waals surface area contributed by atoms with Gasteiger partial charge >= 0.3 is 0 Å². The molecule has 0 saturated carbocycles. The summed E-state index contributed by atoms with van der Waals surface area (Å²) < 4.78 is 11.1. The first-order valence-electron chi connectivity index (χ1n) is 7.01. The maximum Gasteiger partial charge on any atom is 0.162 e. The van der Waals surface area contributed by atoms with Crippen LogP contribution < -0.4 is 9.47 Å². The number of benzene rings is 2. The monoisotopic (exact) mass is 312 g/mol. The lowest BCUT2D eigenvalue weighted by atomic mass is 10.1. The fourth-order valence-corrected chi connectivity index (χ4v) is 2.58. The van der Waals surface area contributed by atoms with Crippen LogP contribution in [0.3, 0.4) is 0 Å². The summed E-state index contributed by atoms with van der Waals surface area (Å²) in [6, 6.07) is 15.5. The first-order valence-corrected chi connectivity index (χ1v) is 7.39. The lowest BCUT2D eigenvalue weighted by Gasteiger charge is -2.18. The number of H-pyrrole nitrogens is 1. The summed E-state index contributed by atoms with van der Waals surface area (Å²) >= 11 is 5.92. The molecule has 0 fully saturated rings. The molecule has 1 N–H and O–H groups in total. The molecule has 2 heterocycles. The van der Waals surface area contributed by atoms with Crippen LogP contribution in [0.5, 0.6) is 11.5 Å². The molecule has 0 saturated heterocycles. The highest BCUT2D eigenvalue weighted by molar-refractivity contribution is 6.30. The van der Waals surface area contributed by atoms with E-state index >= 15 is 0 Å². The molecule has 4 nitrogen and oxygen atoms in total. The molecule has 0 spiro atoms. The van der Waals surface area contributed by atoms with E-state index in [2.05, 4.69) is 10.2 Å². The molecule has 1 aliphatic heterocycles. The van der Waals surface area contributed by atoms with E-state index in [1.165, 1.54) is 0 Å². The van der Waals surface area contributed by atoms with Crippen LogP contribution in [0.25, 0.3) is 22.5 Å². The number of hydrogen-bond donors (Lipinski definition) is 1. The third-order valence-corrected chi connectivity index (χ3v) is 3.82. The summed E-state index contributed by atoms with van der Waals surface area (Å²) in [5.74, 6) is 1.54. The van der Waals surface area contributed by atoms with Crippen molar-refractivity contribution in [3.63, 3.8) is 0 Å². The van der Waals surface area contributed by atoms with Gasteiger partial charge in [-0.2, -0.15) is 5.10 Å². The molecule has 1 aliphatic rings. The Hall–Kier alpha value is -2.46. The number of rotatable bonds is 2. The Labute approximate surface area is 132 Å². The molecule has 0 amide bonds. The van der Waals surface area contributed by atoms with Crippen LogP contribution in [0.15, 0.2) is 48.5 Å². The van der Waals surface area contributed by atoms with Crippen LogP contribution in [-0.2, 0) is 0 Å². The predicted octanol–water partition coefficient (Wildman–Crippen LogP) is 4.17. The van der Waals surface area contributed by atoms with E-state index in [1.54, 1.807) is 0 Å². The topological polar surface area (TPSA) is 47.1 Å². The molecule has 110 valence electrons. The van der Waals surface area contributed by atoms with Crippen LogP contribution in [0.2, 0.25) is 5.02 Å². The largest absolute Gasteiger partial charge is 0.486 e. The number of nitrogens with zero attached hydrogens (tertiary/aromatic N) is 1. The average Bonchev–Trinajstić information content (AvgIpc) is 3.05. The van der Waals surface area contributed by atoms with Gasteiger partial charge in [0.25, 0.3) is 0 Å². The number of ether oxygens (including phenoxy) is 2. The molecule has 22 heavy (non-hydrogen) atoms. The van der Waals surface area contributed by atoms with E-state index in [-0.39, 0.29) is 0 Å². The first-order chi connectivity index (χ1) is 10.8. The average molecular weight is 313 g/mol. The SMILES string of the molecule is Clc1ccc(-c2cc(-c3ccc4c(c3)OCCO4)n[nH]2)cc1. The summed E-state index contributed by atoms with van der Waals surface area (Å²) in [5, 5.41) is 8.15. The van der Waals surface area contributed by atoms with Gasteiger partial charge in [0.05, 0.1) is 11.4 Å². The van der Waals surface area contributed by atoms with Crippen LogP contribution >= 0.6 is 11.6 Å². The molecule has 0 aliphatic carbocycles. The zero-order chi connectivity index (χ0) is 14.9. The number of aromatic amines is 1. The van der Waals surface area contributed by atoms with Crippen LogP contribution in [0.1, 0.15) is 0 Å². The summed E-state index contributed by atoms with van der Waals surface area (Å²) in [4.78, 5) is 0. The van der Waals surface area contributed by atoms with Gasteiger partial charge in [-0.15, -0.1) is 0 Å².